The van der Waals surface area contributed by atoms with E-state index in [1.54, 1.807) is 10.0 Å². The van der Waals surface area contributed by atoms with Gasteiger partial charge in [0.1, 0.15) is 9.98 Å². The van der Waals surface area contributed by atoms with Crippen molar-refractivity contribution in [1.82, 2.24) is 20.5 Å². The van der Waals surface area contributed by atoms with Gasteiger partial charge in [-0.25, -0.2) is 5.01 Å². The third kappa shape index (κ3) is 4.43. The van der Waals surface area contributed by atoms with Gasteiger partial charge in [0.05, 0.1) is 0 Å². The molecule has 0 aromatic carbocycles. The van der Waals surface area contributed by atoms with Crippen LogP contribution in [0.25, 0.3) is 0 Å². The molecule has 2 fully saturated rings. The summed E-state index contributed by atoms with van der Waals surface area (Å²) < 4.78 is 0. The maximum Gasteiger partial charge on any atom is 0.242 e. The Hall–Kier alpha value is -1.47. The summed E-state index contributed by atoms with van der Waals surface area (Å²) in [5, 5.41) is 5.13. The molecule has 2 saturated carbocycles. The Morgan fingerprint density at radius 3 is 1.92 bits per heavy atom. The van der Waals surface area contributed by atoms with Gasteiger partial charge in [-0.2, -0.15) is 0 Å². The highest BCUT2D eigenvalue weighted by Gasteiger charge is 2.45. The molecule has 0 atom stereocenters. The molecule has 1 amide bonds. The molecule has 1 N–H and O–H groups in total. The number of hydrogen-bond acceptors (Lipinski definition) is 4. The van der Waals surface area contributed by atoms with E-state index in [4.69, 9.17) is 24.4 Å². The highest BCUT2D eigenvalue weighted by atomic mass is 32.1. The Labute approximate surface area is 168 Å². The van der Waals surface area contributed by atoms with E-state index < -0.39 is 0 Å². The van der Waals surface area contributed by atoms with Crippen molar-refractivity contribution in [2.24, 2.45) is 10.8 Å². The van der Waals surface area contributed by atoms with Crippen LogP contribution in [0, 0.1) is 10.8 Å². The highest BCUT2D eigenvalue weighted by Crippen LogP contribution is 2.48. The van der Waals surface area contributed by atoms with Gasteiger partial charge in [-0.1, -0.05) is 51.4 Å². The van der Waals surface area contributed by atoms with Crippen molar-refractivity contribution in [1.29, 1.82) is 0 Å². The van der Waals surface area contributed by atoms with Crippen molar-refractivity contribution in [3.63, 3.8) is 0 Å². The SMILES string of the molecule is C=C(CC(=C)N(C(C)=O)N(C)C(=S)C1(C)CC1)NN(C)C(=S)C1(C)CC1. The Morgan fingerprint density at radius 2 is 1.50 bits per heavy atom. The fourth-order valence-corrected chi connectivity index (χ4v) is 3.52. The molecule has 7 heteroatoms. The van der Waals surface area contributed by atoms with E-state index in [2.05, 4.69) is 32.4 Å². The van der Waals surface area contributed by atoms with E-state index in [0.29, 0.717) is 12.1 Å². The van der Waals surface area contributed by atoms with Gasteiger partial charge in [-0.3, -0.25) is 14.8 Å². The predicted octanol–water partition coefficient (Wildman–Crippen LogP) is 3.79. The van der Waals surface area contributed by atoms with Crippen LogP contribution in [-0.2, 0) is 4.79 Å². The summed E-state index contributed by atoms with van der Waals surface area (Å²) in [4.78, 5) is 13.9. The van der Waals surface area contributed by atoms with Crippen molar-refractivity contribution in [2.45, 2.75) is 52.9 Å². The van der Waals surface area contributed by atoms with Crippen LogP contribution in [0.15, 0.2) is 24.6 Å². The Kier molecular flexibility index (Phi) is 5.83. The maximum absolute atomic E-state index is 12.2. The molecule has 2 rings (SSSR count). The molecule has 2 aliphatic carbocycles. The lowest BCUT2D eigenvalue weighted by molar-refractivity contribution is -0.135. The van der Waals surface area contributed by atoms with Crippen LogP contribution in [0.5, 0.6) is 0 Å². The first kappa shape index (κ1) is 20.8. The molecule has 0 aromatic rings. The standard InChI is InChI=1S/C19H30N4OS2/c1-13(20-21(6)16(25)18(4)8-9-18)12-14(2)23(15(3)24)22(7)17(26)19(5)10-11-19/h20H,1-2,8-12H2,3-7H3. The number of rotatable bonds is 7. The van der Waals surface area contributed by atoms with Crippen molar-refractivity contribution in [3.8, 4) is 0 Å². The minimum atomic E-state index is -0.119. The first-order valence-electron chi connectivity index (χ1n) is 8.90. The topological polar surface area (TPSA) is 38.8 Å². The van der Waals surface area contributed by atoms with Crippen LogP contribution < -0.4 is 5.43 Å². The fourth-order valence-electron chi connectivity index (χ4n) is 2.98. The van der Waals surface area contributed by atoms with Crippen molar-refractivity contribution in [3.05, 3.63) is 24.6 Å². The molecule has 0 aromatic heterocycles. The van der Waals surface area contributed by atoms with E-state index in [-0.39, 0.29) is 16.7 Å². The number of hydrogen-bond donors (Lipinski definition) is 1. The monoisotopic (exact) mass is 394 g/mol. The zero-order chi connectivity index (χ0) is 19.9. The lowest BCUT2D eigenvalue weighted by atomic mass is 10.1. The smallest absolute Gasteiger partial charge is 0.242 e. The van der Waals surface area contributed by atoms with Crippen LogP contribution in [0.1, 0.15) is 52.9 Å². The number of nitrogens with one attached hydrogen (secondary N) is 1. The average Bonchev–Trinajstić information content (AvgIpc) is 3.45. The molecule has 0 aliphatic heterocycles. The third-order valence-corrected chi connectivity index (χ3v) is 6.80. The molecular weight excluding hydrogens is 364 g/mol. The van der Waals surface area contributed by atoms with Gasteiger partial charge < -0.3 is 5.43 Å². The first-order chi connectivity index (χ1) is 11.9. The van der Waals surface area contributed by atoms with E-state index in [1.165, 1.54) is 6.92 Å². The molecule has 0 unspecified atom stereocenters. The summed E-state index contributed by atoms with van der Waals surface area (Å²) in [6.07, 6.45) is 4.78. The molecule has 26 heavy (non-hydrogen) atoms. The Bertz CT molecular complexity index is 664. The summed E-state index contributed by atoms with van der Waals surface area (Å²) in [7, 11) is 3.72. The summed E-state index contributed by atoms with van der Waals surface area (Å²) in [6, 6.07) is 0. The van der Waals surface area contributed by atoms with Crippen LogP contribution in [0.3, 0.4) is 0 Å². The molecule has 144 valence electrons. The van der Waals surface area contributed by atoms with Crippen LogP contribution in [0.2, 0.25) is 0 Å². The largest absolute Gasteiger partial charge is 0.302 e. The predicted molar refractivity (Wildman–Crippen MR) is 114 cm³/mol. The quantitative estimate of drug-likeness (QED) is 0.523. The van der Waals surface area contributed by atoms with Gasteiger partial charge >= 0.3 is 0 Å². The average molecular weight is 395 g/mol. The summed E-state index contributed by atoms with van der Waals surface area (Å²) in [6.45, 7) is 14.0. The number of nitrogens with zero attached hydrogens (tertiary/aromatic N) is 3. The van der Waals surface area contributed by atoms with Gasteiger partial charge in [0.15, 0.2) is 0 Å². The lowest BCUT2D eigenvalue weighted by Crippen LogP contribution is -2.48. The minimum absolute atomic E-state index is 0.0133. The second-order valence-corrected chi connectivity index (χ2v) is 8.88. The van der Waals surface area contributed by atoms with Gasteiger partial charge in [0.25, 0.3) is 0 Å². The maximum atomic E-state index is 12.2. The second-order valence-electron chi connectivity index (χ2n) is 8.10. The zero-order valence-corrected chi connectivity index (χ0v) is 18.1. The molecule has 2 aliphatic rings. The van der Waals surface area contributed by atoms with Gasteiger partial charge in [0.2, 0.25) is 5.91 Å². The molecule has 5 nitrogen and oxygen atoms in total. The molecule has 0 spiro atoms. The van der Waals surface area contributed by atoms with Crippen molar-refractivity contribution in [2.75, 3.05) is 14.1 Å². The van der Waals surface area contributed by atoms with E-state index in [0.717, 1.165) is 41.4 Å². The normalized spacial score (nSPS) is 18.3. The van der Waals surface area contributed by atoms with Crippen molar-refractivity contribution >= 4 is 40.3 Å². The number of amides is 1. The lowest BCUT2D eigenvalue weighted by Gasteiger charge is -2.36. The zero-order valence-electron chi connectivity index (χ0n) is 16.5. The summed E-state index contributed by atoms with van der Waals surface area (Å²) >= 11 is 11.1. The Balaban J connectivity index is 1.96. The van der Waals surface area contributed by atoms with Gasteiger partial charge in [0, 0.05) is 49.7 Å². The molecule has 0 radical (unpaired) electrons. The van der Waals surface area contributed by atoms with Crippen LogP contribution in [-0.4, -0.2) is 45.0 Å². The van der Waals surface area contributed by atoms with Gasteiger partial charge in [-0.15, -0.1) is 0 Å². The second kappa shape index (κ2) is 7.27. The molecular formula is C19H30N4OS2. The number of hydrazine groups is 2. The fraction of sp³-hybridized carbons (Fsp3) is 0.632. The highest BCUT2D eigenvalue weighted by molar-refractivity contribution is 7.80. The first-order valence-corrected chi connectivity index (χ1v) is 9.72. The molecule has 0 saturated heterocycles. The number of carbonyl (C=O) groups is 1. The van der Waals surface area contributed by atoms with Crippen LogP contribution >= 0.6 is 24.4 Å². The van der Waals surface area contributed by atoms with E-state index in [9.17, 15) is 4.79 Å². The Morgan fingerprint density at radius 1 is 1.04 bits per heavy atom. The molecule has 0 bridgehead atoms. The van der Waals surface area contributed by atoms with Crippen molar-refractivity contribution < 1.29 is 4.79 Å². The van der Waals surface area contributed by atoms with E-state index >= 15 is 0 Å². The van der Waals surface area contributed by atoms with E-state index in [1.807, 2.05) is 19.1 Å². The number of thiocarbonyl (C=S) groups is 2. The summed E-state index contributed by atoms with van der Waals surface area (Å²) in [5.74, 6) is -0.119. The third-order valence-electron chi connectivity index (χ3n) is 5.27. The van der Waals surface area contributed by atoms with Gasteiger partial charge in [-0.05, 0) is 25.7 Å². The number of carbonyl (C=O) groups excluding carboxylic acids is 1. The minimum Gasteiger partial charge on any atom is -0.302 e. The summed E-state index contributed by atoms with van der Waals surface area (Å²) in [5.41, 5.74) is 4.69. The van der Waals surface area contributed by atoms with Crippen LogP contribution in [0.4, 0.5) is 0 Å². The molecule has 0 heterocycles.